The minimum Gasteiger partial charge on any atom is -0.495 e. The molecule has 8 heteroatoms. The van der Waals surface area contributed by atoms with Crippen LogP contribution in [-0.4, -0.2) is 37.8 Å². The highest BCUT2D eigenvalue weighted by Gasteiger charge is 2.16. The lowest BCUT2D eigenvalue weighted by Gasteiger charge is -2.10. The van der Waals surface area contributed by atoms with Crippen LogP contribution >= 0.6 is 11.8 Å². The first-order valence-corrected chi connectivity index (χ1v) is 10.3. The summed E-state index contributed by atoms with van der Waals surface area (Å²) in [6.07, 6.45) is 3.36. The quantitative estimate of drug-likeness (QED) is 0.351. The number of methoxy groups -OCH3 is 1. The molecule has 0 atom stereocenters. The number of carbonyl (C=O) groups is 1. The van der Waals surface area contributed by atoms with Gasteiger partial charge in [-0.2, -0.15) is 0 Å². The molecule has 0 unspecified atom stereocenters. The van der Waals surface area contributed by atoms with Gasteiger partial charge in [0, 0.05) is 18.0 Å². The van der Waals surface area contributed by atoms with Gasteiger partial charge in [-0.3, -0.25) is 18.6 Å². The minimum absolute atomic E-state index is 0.0108. The molecular formula is C22H20N4O3S. The van der Waals surface area contributed by atoms with Crippen LogP contribution in [0.4, 0.5) is 0 Å². The Bertz CT molecular complexity index is 1310. The van der Waals surface area contributed by atoms with Gasteiger partial charge in [0.2, 0.25) is 5.65 Å². The van der Waals surface area contributed by atoms with Gasteiger partial charge in [-0.15, -0.1) is 10.2 Å². The van der Waals surface area contributed by atoms with Crippen LogP contribution in [0.15, 0.2) is 64.8 Å². The predicted molar refractivity (Wildman–Crippen MR) is 116 cm³/mol. The molecule has 0 radical (unpaired) electrons. The van der Waals surface area contributed by atoms with Crippen molar-refractivity contribution in [3.8, 4) is 11.4 Å². The van der Waals surface area contributed by atoms with Crippen LogP contribution in [0.5, 0.6) is 5.75 Å². The number of para-hydroxylation sites is 2. The highest BCUT2D eigenvalue weighted by Crippen LogP contribution is 2.22. The first-order valence-electron chi connectivity index (χ1n) is 9.32. The molecule has 0 amide bonds. The van der Waals surface area contributed by atoms with Crippen LogP contribution in [0.3, 0.4) is 0 Å². The summed E-state index contributed by atoms with van der Waals surface area (Å²) in [6.45, 7) is 3.92. The Morgan fingerprint density at radius 2 is 1.90 bits per heavy atom. The van der Waals surface area contributed by atoms with E-state index in [-0.39, 0.29) is 22.7 Å². The van der Waals surface area contributed by atoms with Crippen molar-refractivity contribution in [2.75, 3.05) is 12.9 Å². The maximum Gasteiger partial charge on any atom is 0.300 e. The van der Waals surface area contributed by atoms with Gasteiger partial charge < -0.3 is 4.74 Å². The lowest BCUT2D eigenvalue weighted by atomic mass is 10.0. The van der Waals surface area contributed by atoms with Crippen LogP contribution in [0.2, 0.25) is 0 Å². The normalized spacial score (nSPS) is 11.0. The predicted octanol–water partition coefficient (Wildman–Crippen LogP) is 3.48. The highest BCUT2D eigenvalue weighted by atomic mass is 32.2. The molecule has 30 heavy (non-hydrogen) atoms. The summed E-state index contributed by atoms with van der Waals surface area (Å²) in [5, 5.41) is 8.65. The zero-order chi connectivity index (χ0) is 21.3. The van der Waals surface area contributed by atoms with E-state index in [1.54, 1.807) is 36.0 Å². The molecular weight excluding hydrogens is 400 g/mol. The molecule has 2 aromatic heterocycles. The fourth-order valence-corrected chi connectivity index (χ4v) is 4.12. The van der Waals surface area contributed by atoms with Crippen LogP contribution in [0.25, 0.3) is 11.3 Å². The third-order valence-corrected chi connectivity index (χ3v) is 5.74. The Morgan fingerprint density at radius 3 is 2.67 bits per heavy atom. The molecule has 0 bridgehead atoms. The van der Waals surface area contributed by atoms with Crippen molar-refractivity contribution in [2.24, 2.45) is 0 Å². The van der Waals surface area contributed by atoms with E-state index in [4.69, 9.17) is 4.74 Å². The van der Waals surface area contributed by atoms with Crippen LogP contribution in [-0.2, 0) is 0 Å². The number of benzene rings is 2. The van der Waals surface area contributed by atoms with Gasteiger partial charge in [0.1, 0.15) is 5.75 Å². The molecule has 0 saturated heterocycles. The van der Waals surface area contributed by atoms with Gasteiger partial charge in [0.25, 0.3) is 0 Å². The number of hydrogen-bond donors (Lipinski definition) is 0. The summed E-state index contributed by atoms with van der Waals surface area (Å²) in [5.74, 6) is 0.800. The van der Waals surface area contributed by atoms with E-state index < -0.39 is 0 Å². The van der Waals surface area contributed by atoms with E-state index >= 15 is 0 Å². The number of aromatic nitrogens is 4. The zero-order valence-corrected chi connectivity index (χ0v) is 17.6. The number of fused-ring (bicyclic) bond motifs is 1. The summed E-state index contributed by atoms with van der Waals surface area (Å²) in [7, 11) is 1.56. The van der Waals surface area contributed by atoms with Crippen LogP contribution in [0.1, 0.15) is 21.5 Å². The Kier molecular flexibility index (Phi) is 5.41. The van der Waals surface area contributed by atoms with Gasteiger partial charge >= 0.3 is 5.56 Å². The number of aryl methyl sites for hydroxylation is 2. The molecule has 0 aliphatic rings. The van der Waals surface area contributed by atoms with Crippen LogP contribution in [0, 0.1) is 13.8 Å². The van der Waals surface area contributed by atoms with Gasteiger partial charge in [0.05, 0.1) is 18.6 Å². The third-order valence-electron chi connectivity index (χ3n) is 4.80. The Hall–Kier alpha value is -3.39. The number of ketones is 1. The average Bonchev–Trinajstić information content (AvgIpc) is 3.16. The second kappa shape index (κ2) is 8.16. The maximum absolute atomic E-state index is 13.0. The molecule has 152 valence electrons. The fraction of sp³-hybridized carbons (Fsp3) is 0.182. The van der Waals surface area contributed by atoms with E-state index in [0.717, 1.165) is 11.1 Å². The highest BCUT2D eigenvalue weighted by molar-refractivity contribution is 7.99. The van der Waals surface area contributed by atoms with Crippen molar-refractivity contribution in [3.05, 3.63) is 81.9 Å². The third kappa shape index (κ3) is 3.61. The van der Waals surface area contributed by atoms with E-state index in [1.165, 1.54) is 16.3 Å². The zero-order valence-electron chi connectivity index (χ0n) is 16.8. The Morgan fingerprint density at radius 1 is 1.10 bits per heavy atom. The van der Waals surface area contributed by atoms with Crippen LogP contribution < -0.4 is 10.3 Å². The topological polar surface area (TPSA) is 78.5 Å². The van der Waals surface area contributed by atoms with Gasteiger partial charge in [-0.25, -0.2) is 0 Å². The van der Waals surface area contributed by atoms with E-state index in [0.29, 0.717) is 22.2 Å². The van der Waals surface area contributed by atoms with Crippen molar-refractivity contribution in [1.29, 1.82) is 0 Å². The smallest absolute Gasteiger partial charge is 0.300 e. The van der Waals surface area contributed by atoms with E-state index in [1.807, 2.05) is 44.2 Å². The first-order chi connectivity index (χ1) is 14.5. The van der Waals surface area contributed by atoms with Crippen molar-refractivity contribution >= 4 is 23.2 Å². The summed E-state index contributed by atoms with van der Waals surface area (Å²) < 4.78 is 8.43. The Labute approximate surface area is 177 Å². The number of hydrogen-bond acceptors (Lipinski definition) is 6. The fourth-order valence-electron chi connectivity index (χ4n) is 3.32. The monoisotopic (exact) mass is 420 g/mol. The van der Waals surface area contributed by atoms with Gasteiger partial charge in [0.15, 0.2) is 10.9 Å². The molecule has 7 nitrogen and oxygen atoms in total. The lowest BCUT2D eigenvalue weighted by molar-refractivity contribution is 0.102. The Balaban J connectivity index is 1.62. The molecule has 4 aromatic rings. The van der Waals surface area contributed by atoms with Crippen molar-refractivity contribution in [3.63, 3.8) is 0 Å². The average molecular weight is 420 g/mol. The SMILES string of the molecule is COc1ccccc1-n1ccn2c(SCC(=O)c3ccc(C)cc3C)nnc2c1=O. The van der Waals surface area contributed by atoms with Gasteiger partial charge in [-0.1, -0.05) is 47.7 Å². The molecule has 0 N–H and O–H groups in total. The van der Waals surface area contributed by atoms with E-state index in [9.17, 15) is 9.59 Å². The molecule has 0 aliphatic carbocycles. The molecule has 0 aliphatic heterocycles. The molecule has 0 fully saturated rings. The summed E-state index contributed by atoms with van der Waals surface area (Å²) in [4.78, 5) is 25.6. The molecule has 0 saturated carbocycles. The van der Waals surface area contributed by atoms with E-state index in [2.05, 4.69) is 10.2 Å². The number of ether oxygens (including phenoxy) is 1. The van der Waals surface area contributed by atoms with Crippen molar-refractivity contribution in [2.45, 2.75) is 19.0 Å². The lowest BCUT2D eigenvalue weighted by Crippen LogP contribution is -2.20. The largest absolute Gasteiger partial charge is 0.495 e. The number of rotatable bonds is 6. The van der Waals surface area contributed by atoms with Crippen molar-refractivity contribution in [1.82, 2.24) is 19.2 Å². The summed E-state index contributed by atoms with van der Waals surface area (Å²) in [5.41, 5.74) is 3.25. The first kappa shape index (κ1) is 19.9. The summed E-state index contributed by atoms with van der Waals surface area (Å²) in [6, 6.07) is 13.0. The number of thioether (sulfide) groups is 1. The molecule has 2 aromatic carbocycles. The minimum atomic E-state index is -0.318. The summed E-state index contributed by atoms with van der Waals surface area (Å²) >= 11 is 1.26. The standard InChI is InChI=1S/C22H20N4O3S/c1-14-8-9-16(15(2)12-14)18(27)13-30-22-24-23-20-21(28)25(10-11-26(20)22)17-6-4-5-7-19(17)29-3/h4-12H,13H2,1-3H3. The number of Topliss-reactive ketones (excluding diaryl/α,β-unsaturated/α-hetero) is 1. The number of nitrogens with zero attached hydrogens (tertiary/aromatic N) is 4. The van der Waals surface area contributed by atoms with Crippen molar-refractivity contribution < 1.29 is 9.53 Å². The second-order valence-electron chi connectivity index (χ2n) is 6.85. The second-order valence-corrected chi connectivity index (χ2v) is 7.79. The molecule has 2 heterocycles. The maximum atomic E-state index is 13.0. The molecule has 4 rings (SSSR count). The molecule has 0 spiro atoms. The van der Waals surface area contributed by atoms with Gasteiger partial charge in [-0.05, 0) is 31.5 Å². The number of carbonyl (C=O) groups excluding carboxylic acids is 1.